The van der Waals surface area contributed by atoms with Gasteiger partial charge in [-0.15, -0.1) is 0 Å². The third-order valence-electron chi connectivity index (χ3n) is 3.48. The van der Waals surface area contributed by atoms with Crippen LogP contribution in [-0.4, -0.2) is 20.9 Å². The van der Waals surface area contributed by atoms with Gasteiger partial charge in [0.2, 0.25) is 0 Å². The maximum atomic E-state index is 5.85. The molecular weight excluding hydrogens is 282 g/mol. The molecule has 1 aromatic carbocycles. The lowest BCUT2D eigenvalue weighted by molar-refractivity contribution is 0.579. The van der Waals surface area contributed by atoms with E-state index >= 15 is 0 Å². The molecule has 3 heterocycles. The highest BCUT2D eigenvalue weighted by Crippen LogP contribution is 2.31. The van der Waals surface area contributed by atoms with Crippen molar-refractivity contribution in [1.82, 2.24) is 14.6 Å². The highest BCUT2D eigenvalue weighted by atomic mass is 32.2. The fourth-order valence-electron chi connectivity index (χ4n) is 2.57. The Balaban J connectivity index is 2.03. The smallest absolute Gasteiger partial charge is 0.189 e. The largest absolute Gasteiger partial charge is 0.461 e. The number of rotatable bonds is 2. The number of fused-ring (bicyclic) bond motifs is 2. The van der Waals surface area contributed by atoms with Gasteiger partial charge in [0.05, 0.1) is 17.4 Å². The number of aryl methyl sites for hydroxylation is 1. The predicted molar refractivity (Wildman–Crippen MR) is 84.7 cm³/mol. The van der Waals surface area contributed by atoms with Gasteiger partial charge in [0.15, 0.2) is 5.16 Å². The van der Waals surface area contributed by atoms with Crippen LogP contribution in [0.25, 0.3) is 27.7 Å². The summed E-state index contributed by atoms with van der Waals surface area (Å²) in [6, 6.07) is 12.2. The third-order valence-corrected chi connectivity index (χ3v) is 4.11. The van der Waals surface area contributed by atoms with Gasteiger partial charge in [-0.25, -0.2) is 9.50 Å². The molecule has 0 radical (unpaired) electrons. The molecule has 4 aromatic rings. The van der Waals surface area contributed by atoms with Crippen molar-refractivity contribution < 1.29 is 4.42 Å². The number of thioether (sulfide) groups is 1. The number of furan rings is 1. The lowest BCUT2D eigenvalue weighted by atomic mass is 10.1. The van der Waals surface area contributed by atoms with Crippen LogP contribution < -0.4 is 0 Å². The minimum atomic E-state index is 0.868. The molecule has 21 heavy (non-hydrogen) atoms. The zero-order valence-electron chi connectivity index (χ0n) is 11.7. The summed E-state index contributed by atoms with van der Waals surface area (Å²) in [5, 5.41) is 6.27. The average Bonchev–Trinajstić information content (AvgIpc) is 3.10. The van der Waals surface area contributed by atoms with Crippen molar-refractivity contribution in [1.29, 1.82) is 0 Å². The van der Waals surface area contributed by atoms with Gasteiger partial charge in [-0.05, 0) is 37.4 Å². The monoisotopic (exact) mass is 295 g/mol. The molecule has 0 unspecified atom stereocenters. The summed E-state index contributed by atoms with van der Waals surface area (Å²) in [6.45, 7) is 1.96. The Kier molecular flexibility index (Phi) is 2.75. The third kappa shape index (κ3) is 1.93. The van der Waals surface area contributed by atoms with Gasteiger partial charge in [-0.3, -0.25) is 0 Å². The maximum absolute atomic E-state index is 5.85. The van der Waals surface area contributed by atoms with E-state index in [4.69, 9.17) is 9.40 Å². The summed E-state index contributed by atoms with van der Waals surface area (Å²) >= 11 is 1.58. The van der Waals surface area contributed by atoms with E-state index < -0.39 is 0 Å². The first-order valence-corrected chi connectivity index (χ1v) is 7.87. The van der Waals surface area contributed by atoms with E-state index in [1.807, 2.05) is 48.0 Å². The quantitative estimate of drug-likeness (QED) is 0.411. The van der Waals surface area contributed by atoms with Crippen molar-refractivity contribution in [3.05, 3.63) is 48.4 Å². The summed E-state index contributed by atoms with van der Waals surface area (Å²) in [7, 11) is 0. The van der Waals surface area contributed by atoms with Crippen LogP contribution in [0, 0.1) is 6.92 Å². The number of benzene rings is 1. The summed E-state index contributed by atoms with van der Waals surface area (Å²) < 4.78 is 7.70. The molecule has 0 aliphatic carbocycles. The van der Waals surface area contributed by atoms with E-state index in [2.05, 4.69) is 11.2 Å². The van der Waals surface area contributed by atoms with Crippen molar-refractivity contribution in [2.45, 2.75) is 12.1 Å². The summed E-state index contributed by atoms with van der Waals surface area (Å²) in [5.41, 5.74) is 3.84. The van der Waals surface area contributed by atoms with Gasteiger partial charge in [0.1, 0.15) is 11.3 Å². The van der Waals surface area contributed by atoms with E-state index in [0.29, 0.717) is 0 Å². The number of hydrogen-bond donors (Lipinski definition) is 0. The first-order chi connectivity index (χ1) is 10.3. The number of nitrogens with zero attached hydrogens (tertiary/aromatic N) is 3. The van der Waals surface area contributed by atoms with Crippen LogP contribution in [0.4, 0.5) is 0 Å². The van der Waals surface area contributed by atoms with Gasteiger partial charge in [0, 0.05) is 10.9 Å². The van der Waals surface area contributed by atoms with Crippen molar-refractivity contribution in [3.63, 3.8) is 0 Å². The summed E-state index contributed by atoms with van der Waals surface area (Å²) in [5.74, 6) is 0.910. The highest BCUT2D eigenvalue weighted by Gasteiger charge is 2.12. The SMILES string of the molecule is CSc1nc(-c2cccc3cc(C)oc23)cc2ccnn12. The Morgan fingerprint density at radius 1 is 1.19 bits per heavy atom. The second-order valence-electron chi connectivity index (χ2n) is 4.88. The van der Waals surface area contributed by atoms with Crippen molar-refractivity contribution in [2.24, 2.45) is 0 Å². The van der Waals surface area contributed by atoms with Crippen LogP contribution in [0.1, 0.15) is 5.76 Å². The second kappa shape index (κ2) is 4.63. The minimum Gasteiger partial charge on any atom is -0.461 e. The Morgan fingerprint density at radius 3 is 2.95 bits per heavy atom. The van der Waals surface area contributed by atoms with Gasteiger partial charge in [0.25, 0.3) is 0 Å². The molecule has 5 heteroatoms. The topological polar surface area (TPSA) is 43.3 Å². The van der Waals surface area contributed by atoms with Gasteiger partial charge in [-0.1, -0.05) is 23.9 Å². The molecule has 4 rings (SSSR count). The zero-order valence-corrected chi connectivity index (χ0v) is 12.5. The van der Waals surface area contributed by atoms with Crippen LogP contribution in [-0.2, 0) is 0 Å². The fraction of sp³-hybridized carbons (Fsp3) is 0.125. The lowest BCUT2D eigenvalue weighted by Gasteiger charge is -2.06. The molecule has 0 aliphatic rings. The van der Waals surface area contributed by atoms with Crippen molar-refractivity contribution in [2.75, 3.05) is 6.26 Å². The molecule has 104 valence electrons. The molecule has 0 N–H and O–H groups in total. The molecule has 0 saturated carbocycles. The van der Waals surface area contributed by atoms with E-state index in [1.165, 1.54) is 0 Å². The molecule has 0 saturated heterocycles. The van der Waals surface area contributed by atoms with E-state index in [0.717, 1.165) is 38.7 Å². The van der Waals surface area contributed by atoms with Crippen molar-refractivity contribution in [3.8, 4) is 11.3 Å². The Hall–Kier alpha value is -2.27. The van der Waals surface area contributed by atoms with Crippen LogP contribution in [0.15, 0.2) is 52.2 Å². The van der Waals surface area contributed by atoms with Crippen LogP contribution in [0.2, 0.25) is 0 Å². The second-order valence-corrected chi connectivity index (χ2v) is 5.65. The predicted octanol–water partition coefficient (Wildman–Crippen LogP) is 4.17. The van der Waals surface area contributed by atoms with Gasteiger partial charge >= 0.3 is 0 Å². The lowest BCUT2D eigenvalue weighted by Crippen LogP contribution is -1.97. The molecule has 0 aliphatic heterocycles. The zero-order chi connectivity index (χ0) is 14.4. The molecule has 0 bridgehead atoms. The summed E-state index contributed by atoms with van der Waals surface area (Å²) in [4.78, 5) is 4.72. The molecule has 4 nitrogen and oxygen atoms in total. The van der Waals surface area contributed by atoms with E-state index in [9.17, 15) is 0 Å². The number of para-hydroxylation sites is 1. The molecular formula is C16H13N3OS. The van der Waals surface area contributed by atoms with Gasteiger partial charge in [-0.2, -0.15) is 5.10 Å². The highest BCUT2D eigenvalue weighted by molar-refractivity contribution is 7.98. The van der Waals surface area contributed by atoms with E-state index in [1.54, 1.807) is 18.0 Å². The van der Waals surface area contributed by atoms with Crippen molar-refractivity contribution >= 4 is 28.2 Å². The average molecular weight is 295 g/mol. The molecule has 3 aromatic heterocycles. The standard InChI is InChI=1S/C16H13N3OS/c1-10-8-11-4-3-5-13(15(11)20-10)14-9-12-6-7-17-19(12)16(18-14)21-2/h3-9H,1-2H3. The first kappa shape index (κ1) is 12.5. The maximum Gasteiger partial charge on any atom is 0.189 e. The molecule has 0 spiro atoms. The van der Waals surface area contributed by atoms with Crippen LogP contribution in [0.3, 0.4) is 0 Å². The normalized spacial score (nSPS) is 11.5. The molecule has 0 fully saturated rings. The number of hydrogen-bond acceptors (Lipinski definition) is 4. The first-order valence-electron chi connectivity index (χ1n) is 6.64. The Labute approximate surface area is 125 Å². The Morgan fingerprint density at radius 2 is 2.10 bits per heavy atom. The van der Waals surface area contributed by atoms with E-state index in [-0.39, 0.29) is 0 Å². The summed E-state index contributed by atoms with van der Waals surface area (Å²) in [6.07, 6.45) is 3.79. The minimum absolute atomic E-state index is 0.868. The molecule has 0 amide bonds. The van der Waals surface area contributed by atoms with Crippen LogP contribution >= 0.6 is 11.8 Å². The Bertz CT molecular complexity index is 955. The molecule has 0 atom stereocenters. The fourth-order valence-corrected chi connectivity index (χ4v) is 3.08. The van der Waals surface area contributed by atoms with Gasteiger partial charge < -0.3 is 4.42 Å². The van der Waals surface area contributed by atoms with Crippen LogP contribution in [0.5, 0.6) is 0 Å². The number of aromatic nitrogens is 3.